The van der Waals surface area contributed by atoms with E-state index in [1.165, 1.54) is 0 Å². The molecule has 16 heavy (non-hydrogen) atoms. The van der Waals surface area contributed by atoms with Crippen LogP contribution in [0.4, 0.5) is 20.2 Å². The summed E-state index contributed by atoms with van der Waals surface area (Å²) in [6.07, 6.45) is 0. The van der Waals surface area contributed by atoms with E-state index in [-0.39, 0.29) is 0 Å². The summed E-state index contributed by atoms with van der Waals surface area (Å²) in [5.41, 5.74) is 2.80. The molecule has 1 aromatic rings. The predicted molar refractivity (Wildman–Crippen MR) is 53.8 cm³/mol. The topological polar surface area (TPSA) is 78.4 Å². The second kappa shape index (κ2) is 4.67. The normalized spacial score (nSPS) is 10.2. The number of ether oxygens (including phenoxy) is 1. The molecule has 5 nitrogen and oxygen atoms in total. The minimum Gasteiger partial charge on any atom is -0.473 e. The molecule has 0 saturated heterocycles. The SMILES string of the molecule is Nc1c(F)c(Cl)c(OCCl)c(F)c1[N+](=O)[O-]. The van der Waals surface area contributed by atoms with Crippen molar-refractivity contribution in [3.05, 3.63) is 26.8 Å². The van der Waals surface area contributed by atoms with E-state index >= 15 is 0 Å². The molecule has 0 fully saturated rings. The number of rotatable bonds is 3. The van der Waals surface area contributed by atoms with E-state index in [4.69, 9.17) is 28.9 Å². The smallest absolute Gasteiger partial charge is 0.334 e. The number of nitro groups is 1. The fourth-order valence-corrected chi connectivity index (χ4v) is 1.35. The average molecular weight is 273 g/mol. The zero-order chi connectivity index (χ0) is 12.5. The Morgan fingerprint density at radius 2 is 2.00 bits per heavy atom. The molecular weight excluding hydrogens is 269 g/mol. The molecule has 9 heteroatoms. The molecule has 2 N–H and O–H groups in total. The molecular formula is C7H4Cl2F2N2O3. The van der Waals surface area contributed by atoms with Gasteiger partial charge < -0.3 is 10.5 Å². The summed E-state index contributed by atoms with van der Waals surface area (Å²) in [6, 6.07) is -0.544. The molecule has 0 unspecified atom stereocenters. The Morgan fingerprint density at radius 3 is 2.44 bits per heavy atom. The van der Waals surface area contributed by atoms with Gasteiger partial charge in [-0.3, -0.25) is 10.1 Å². The monoisotopic (exact) mass is 272 g/mol. The highest BCUT2D eigenvalue weighted by atomic mass is 35.5. The second-order valence-electron chi connectivity index (χ2n) is 2.54. The van der Waals surface area contributed by atoms with Crippen LogP contribution in [-0.2, 0) is 0 Å². The highest BCUT2D eigenvalue weighted by Gasteiger charge is 2.30. The van der Waals surface area contributed by atoms with Crippen molar-refractivity contribution in [1.29, 1.82) is 0 Å². The lowest BCUT2D eigenvalue weighted by Gasteiger charge is -2.09. The minimum absolute atomic E-state index is 0.544. The van der Waals surface area contributed by atoms with Crippen LogP contribution in [0.1, 0.15) is 0 Å². The fraction of sp³-hybridized carbons (Fsp3) is 0.143. The Hall–Kier alpha value is -1.34. The number of halogens is 4. The predicted octanol–water partition coefficient (Wildman–Crippen LogP) is 2.68. The molecule has 1 rings (SSSR count). The van der Waals surface area contributed by atoms with E-state index in [0.29, 0.717) is 0 Å². The quantitative estimate of drug-likeness (QED) is 0.302. The molecule has 0 aliphatic carbocycles. The van der Waals surface area contributed by atoms with E-state index in [9.17, 15) is 18.9 Å². The first kappa shape index (κ1) is 12.7. The number of nitrogen functional groups attached to an aromatic ring is 1. The van der Waals surface area contributed by atoms with Crippen LogP contribution in [0.15, 0.2) is 0 Å². The largest absolute Gasteiger partial charge is 0.473 e. The van der Waals surface area contributed by atoms with Crippen LogP contribution in [0.25, 0.3) is 0 Å². The van der Waals surface area contributed by atoms with Gasteiger partial charge in [-0.2, -0.15) is 4.39 Å². The first-order chi connectivity index (χ1) is 7.41. The van der Waals surface area contributed by atoms with Crippen LogP contribution >= 0.6 is 23.2 Å². The molecule has 0 atom stereocenters. The molecule has 0 aromatic heterocycles. The summed E-state index contributed by atoms with van der Waals surface area (Å²) in [5, 5.41) is 9.66. The van der Waals surface area contributed by atoms with Gasteiger partial charge in [0.2, 0.25) is 5.82 Å². The van der Waals surface area contributed by atoms with Crippen molar-refractivity contribution in [2.75, 3.05) is 11.8 Å². The van der Waals surface area contributed by atoms with Crippen molar-refractivity contribution >= 4 is 34.6 Å². The van der Waals surface area contributed by atoms with E-state index < -0.39 is 44.8 Å². The van der Waals surface area contributed by atoms with Crippen molar-refractivity contribution < 1.29 is 18.4 Å². The van der Waals surface area contributed by atoms with Crippen molar-refractivity contribution in [2.24, 2.45) is 0 Å². The molecule has 0 heterocycles. The summed E-state index contributed by atoms with van der Waals surface area (Å²) in [7, 11) is 0. The third-order valence-electron chi connectivity index (χ3n) is 1.67. The first-order valence-corrected chi connectivity index (χ1v) is 4.62. The summed E-state index contributed by atoms with van der Waals surface area (Å²) >= 11 is 10.5. The Balaban J connectivity index is 3.58. The zero-order valence-electron chi connectivity index (χ0n) is 7.47. The number of nitrogens with zero attached hydrogens (tertiary/aromatic N) is 1. The summed E-state index contributed by atoms with van der Waals surface area (Å²) < 4.78 is 31.2. The molecule has 0 aliphatic rings. The van der Waals surface area contributed by atoms with Gasteiger partial charge >= 0.3 is 5.69 Å². The van der Waals surface area contributed by atoms with Gasteiger partial charge in [0.1, 0.15) is 5.02 Å². The number of benzene rings is 1. The van der Waals surface area contributed by atoms with Gasteiger partial charge in [0, 0.05) is 0 Å². The maximum atomic E-state index is 13.5. The summed E-state index contributed by atoms with van der Waals surface area (Å²) in [4.78, 5) is 9.27. The van der Waals surface area contributed by atoms with Crippen LogP contribution in [0.2, 0.25) is 5.02 Å². The van der Waals surface area contributed by atoms with E-state index in [2.05, 4.69) is 4.74 Å². The zero-order valence-corrected chi connectivity index (χ0v) is 8.98. The summed E-state index contributed by atoms with van der Waals surface area (Å²) in [5.74, 6) is -3.63. The number of anilines is 1. The molecule has 0 aliphatic heterocycles. The van der Waals surface area contributed by atoms with Gasteiger partial charge in [-0.05, 0) is 0 Å². The average Bonchev–Trinajstić information content (AvgIpc) is 2.21. The maximum absolute atomic E-state index is 13.5. The van der Waals surface area contributed by atoms with Crippen LogP contribution in [0.3, 0.4) is 0 Å². The van der Waals surface area contributed by atoms with Gasteiger partial charge in [0.15, 0.2) is 23.3 Å². The van der Waals surface area contributed by atoms with Crippen molar-refractivity contribution in [3.63, 3.8) is 0 Å². The van der Waals surface area contributed by atoms with Crippen LogP contribution < -0.4 is 10.5 Å². The Bertz CT molecular complexity index is 456. The number of nitro benzene ring substituents is 1. The number of nitrogens with two attached hydrogens (primary N) is 1. The lowest BCUT2D eigenvalue weighted by molar-refractivity contribution is -0.386. The first-order valence-electron chi connectivity index (χ1n) is 3.70. The standard InChI is InChI=1S/C7H4Cl2F2N2O3/c8-1-16-7-2(9)3(10)5(12)6(4(7)11)13(14)15/h1,12H2. The van der Waals surface area contributed by atoms with Crippen molar-refractivity contribution in [2.45, 2.75) is 0 Å². The van der Waals surface area contributed by atoms with Gasteiger partial charge in [0.05, 0.1) is 4.92 Å². The van der Waals surface area contributed by atoms with Gasteiger partial charge in [-0.1, -0.05) is 23.2 Å². The van der Waals surface area contributed by atoms with Crippen LogP contribution in [-0.4, -0.2) is 11.0 Å². The Labute approximate surface area is 97.8 Å². The maximum Gasteiger partial charge on any atom is 0.334 e. The molecule has 0 amide bonds. The van der Waals surface area contributed by atoms with E-state index in [1.807, 2.05) is 0 Å². The third kappa shape index (κ3) is 1.96. The second-order valence-corrected chi connectivity index (χ2v) is 3.14. The highest BCUT2D eigenvalue weighted by molar-refractivity contribution is 6.32. The van der Waals surface area contributed by atoms with Crippen LogP contribution in [0.5, 0.6) is 5.75 Å². The van der Waals surface area contributed by atoms with E-state index in [1.54, 1.807) is 0 Å². The summed E-state index contributed by atoms with van der Waals surface area (Å²) in [6.45, 7) is 0. The lowest BCUT2D eigenvalue weighted by atomic mass is 10.2. The van der Waals surface area contributed by atoms with Crippen molar-refractivity contribution in [1.82, 2.24) is 0 Å². The van der Waals surface area contributed by atoms with Gasteiger partial charge in [-0.15, -0.1) is 0 Å². The van der Waals surface area contributed by atoms with Gasteiger partial charge in [-0.25, -0.2) is 4.39 Å². The number of hydrogen-bond donors (Lipinski definition) is 1. The van der Waals surface area contributed by atoms with Crippen molar-refractivity contribution in [3.8, 4) is 5.75 Å². The minimum atomic E-state index is -1.46. The third-order valence-corrected chi connectivity index (χ3v) is 2.12. The van der Waals surface area contributed by atoms with Gasteiger partial charge in [0.25, 0.3) is 0 Å². The lowest BCUT2D eigenvalue weighted by Crippen LogP contribution is -2.06. The molecule has 1 aromatic carbocycles. The number of alkyl halides is 1. The Kier molecular flexibility index (Phi) is 3.71. The molecule has 0 radical (unpaired) electrons. The molecule has 88 valence electrons. The molecule has 0 bridgehead atoms. The molecule has 0 spiro atoms. The Morgan fingerprint density at radius 1 is 1.44 bits per heavy atom. The highest BCUT2D eigenvalue weighted by Crippen LogP contribution is 2.41. The number of hydrogen-bond acceptors (Lipinski definition) is 4. The fourth-order valence-electron chi connectivity index (χ4n) is 1.00. The van der Waals surface area contributed by atoms with Crippen LogP contribution in [0, 0.1) is 21.7 Å². The molecule has 0 saturated carbocycles. The van der Waals surface area contributed by atoms with E-state index in [0.717, 1.165) is 0 Å².